The summed E-state index contributed by atoms with van der Waals surface area (Å²) in [6.45, 7) is 8.47. The first-order chi connectivity index (χ1) is 7.17. The Morgan fingerprint density at radius 3 is 2.33 bits per heavy atom. The Morgan fingerprint density at radius 1 is 1.20 bits per heavy atom. The first-order valence-corrected chi connectivity index (χ1v) is 6.58. The molecule has 88 valence electrons. The molecule has 0 aromatic heterocycles. The molecule has 0 radical (unpaired) electrons. The van der Waals surface area contributed by atoms with E-state index in [1.807, 2.05) is 0 Å². The van der Waals surface area contributed by atoms with Crippen LogP contribution in [0.5, 0.6) is 0 Å². The highest BCUT2D eigenvalue weighted by Gasteiger charge is 2.40. The first kappa shape index (κ1) is 11.4. The van der Waals surface area contributed by atoms with Crippen LogP contribution < -0.4 is 0 Å². The van der Waals surface area contributed by atoms with Gasteiger partial charge in [0.05, 0.1) is 6.10 Å². The van der Waals surface area contributed by atoms with Crippen molar-refractivity contribution in [3.63, 3.8) is 0 Å². The summed E-state index contributed by atoms with van der Waals surface area (Å²) in [5, 5.41) is 9.48. The van der Waals surface area contributed by atoms with Crippen LogP contribution in [0.2, 0.25) is 0 Å². The third-order valence-electron chi connectivity index (χ3n) is 4.65. The SMILES string of the molecule is CCC1(CC)CN(CC2CCC(O)C2)C1. The molecule has 1 aliphatic carbocycles. The van der Waals surface area contributed by atoms with Crippen molar-refractivity contribution >= 4 is 0 Å². The van der Waals surface area contributed by atoms with Gasteiger partial charge in [-0.05, 0) is 43.4 Å². The molecule has 0 aromatic rings. The average Bonchev–Trinajstić information content (AvgIpc) is 2.57. The maximum absolute atomic E-state index is 9.48. The molecule has 2 rings (SSSR count). The maximum atomic E-state index is 9.48. The van der Waals surface area contributed by atoms with Gasteiger partial charge in [0.1, 0.15) is 0 Å². The fraction of sp³-hybridized carbons (Fsp3) is 1.00. The Kier molecular flexibility index (Phi) is 3.36. The zero-order chi connectivity index (χ0) is 10.9. The predicted octanol–water partition coefficient (Wildman–Crippen LogP) is 2.27. The lowest BCUT2D eigenvalue weighted by Crippen LogP contribution is -2.56. The van der Waals surface area contributed by atoms with Crippen molar-refractivity contribution in [3.05, 3.63) is 0 Å². The van der Waals surface area contributed by atoms with E-state index >= 15 is 0 Å². The van der Waals surface area contributed by atoms with Gasteiger partial charge in [-0.25, -0.2) is 0 Å². The number of hydrogen-bond acceptors (Lipinski definition) is 2. The normalized spacial score (nSPS) is 35.4. The van der Waals surface area contributed by atoms with Crippen molar-refractivity contribution < 1.29 is 5.11 Å². The molecule has 0 amide bonds. The van der Waals surface area contributed by atoms with E-state index in [9.17, 15) is 5.11 Å². The van der Waals surface area contributed by atoms with Crippen molar-refractivity contribution in [1.82, 2.24) is 4.90 Å². The Bertz CT molecular complexity index is 205. The highest BCUT2D eigenvalue weighted by Crippen LogP contribution is 2.38. The quantitative estimate of drug-likeness (QED) is 0.771. The number of likely N-dealkylation sites (tertiary alicyclic amines) is 1. The minimum absolute atomic E-state index is 0.00150. The lowest BCUT2D eigenvalue weighted by atomic mass is 9.75. The molecule has 2 nitrogen and oxygen atoms in total. The van der Waals surface area contributed by atoms with Crippen LogP contribution in [0.4, 0.5) is 0 Å². The molecular formula is C13H25NO. The van der Waals surface area contributed by atoms with Gasteiger partial charge in [0.25, 0.3) is 0 Å². The van der Waals surface area contributed by atoms with Crippen LogP contribution in [0.15, 0.2) is 0 Å². The highest BCUT2D eigenvalue weighted by molar-refractivity contribution is 4.94. The molecule has 2 aliphatic rings. The topological polar surface area (TPSA) is 23.5 Å². The van der Waals surface area contributed by atoms with Gasteiger partial charge in [0.15, 0.2) is 0 Å². The molecule has 1 saturated heterocycles. The zero-order valence-corrected chi connectivity index (χ0v) is 10.2. The fourth-order valence-electron chi connectivity index (χ4n) is 3.31. The van der Waals surface area contributed by atoms with Crippen molar-refractivity contribution in [1.29, 1.82) is 0 Å². The predicted molar refractivity (Wildman–Crippen MR) is 62.8 cm³/mol. The van der Waals surface area contributed by atoms with Gasteiger partial charge in [-0.2, -0.15) is 0 Å². The van der Waals surface area contributed by atoms with Crippen LogP contribution in [0.25, 0.3) is 0 Å². The molecular weight excluding hydrogens is 186 g/mol. The second-order valence-electron chi connectivity index (χ2n) is 5.71. The molecule has 1 aliphatic heterocycles. The summed E-state index contributed by atoms with van der Waals surface area (Å²) in [7, 11) is 0. The van der Waals surface area contributed by atoms with E-state index < -0.39 is 0 Å². The van der Waals surface area contributed by atoms with Crippen molar-refractivity contribution in [2.24, 2.45) is 11.3 Å². The Balaban J connectivity index is 1.71. The van der Waals surface area contributed by atoms with E-state index in [1.165, 1.54) is 38.9 Å². The fourth-order valence-corrected chi connectivity index (χ4v) is 3.31. The van der Waals surface area contributed by atoms with Crippen LogP contribution in [0.1, 0.15) is 46.0 Å². The number of nitrogens with zero attached hydrogens (tertiary/aromatic N) is 1. The van der Waals surface area contributed by atoms with Crippen molar-refractivity contribution in [2.45, 2.75) is 52.1 Å². The number of aliphatic hydroxyl groups excluding tert-OH is 1. The highest BCUT2D eigenvalue weighted by atomic mass is 16.3. The summed E-state index contributed by atoms with van der Waals surface area (Å²) in [6, 6.07) is 0. The molecule has 2 heteroatoms. The number of hydrogen-bond donors (Lipinski definition) is 1. The molecule has 2 atom stereocenters. The molecule has 1 N–H and O–H groups in total. The van der Waals surface area contributed by atoms with Gasteiger partial charge in [-0.3, -0.25) is 0 Å². The Morgan fingerprint density at radius 2 is 1.87 bits per heavy atom. The molecule has 0 bridgehead atoms. The molecule has 1 heterocycles. The molecule has 2 unspecified atom stereocenters. The second-order valence-corrected chi connectivity index (χ2v) is 5.71. The van der Waals surface area contributed by atoms with Crippen LogP contribution in [-0.2, 0) is 0 Å². The van der Waals surface area contributed by atoms with Crippen LogP contribution in [-0.4, -0.2) is 35.7 Å². The lowest BCUT2D eigenvalue weighted by molar-refractivity contribution is -0.0164. The first-order valence-electron chi connectivity index (χ1n) is 6.58. The van der Waals surface area contributed by atoms with Gasteiger partial charge >= 0.3 is 0 Å². The lowest BCUT2D eigenvalue weighted by Gasteiger charge is -2.50. The number of rotatable bonds is 4. The summed E-state index contributed by atoms with van der Waals surface area (Å²) in [6.07, 6.45) is 5.97. The largest absolute Gasteiger partial charge is 0.393 e. The van der Waals surface area contributed by atoms with Gasteiger partial charge in [0.2, 0.25) is 0 Å². The minimum atomic E-state index is -0.00150. The van der Waals surface area contributed by atoms with Crippen molar-refractivity contribution in [2.75, 3.05) is 19.6 Å². The van der Waals surface area contributed by atoms with Gasteiger partial charge < -0.3 is 10.0 Å². The zero-order valence-electron chi connectivity index (χ0n) is 10.2. The third-order valence-corrected chi connectivity index (χ3v) is 4.65. The molecule has 0 spiro atoms. The summed E-state index contributed by atoms with van der Waals surface area (Å²) < 4.78 is 0. The summed E-state index contributed by atoms with van der Waals surface area (Å²) in [5.74, 6) is 0.770. The van der Waals surface area contributed by atoms with Crippen LogP contribution in [0, 0.1) is 11.3 Å². The molecule has 15 heavy (non-hydrogen) atoms. The van der Waals surface area contributed by atoms with Gasteiger partial charge in [0, 0.05) is 19.6 Å². The van der Waals surface area contributed by atoms with Crippen molar-refractivity contribution in [3.8, 4) is 0 Å². The Labute approximate surface area is 93.7 Å². The summed E-state index contributed by atoms with van der Waals surface area (Å²) in [4.78, 5) is 2.59. The van der Waals surface area contributed by atoms with E-state index in [4.69, 9.17) is 0 Å². The molecule has 0 aromatic carbocycles. The summed E-state index contributed by atoms with van der Waals surface area (Å²) in [5.41, 5.74) is 0.636. The molecule has 1 saturated carbocycles. The second kappa shape index (κ2) is 4.42. The number of aliphatic hydroxyl groups is 1. The minimum Gasteiger partial charge on any atom is -0.393 e. The van der Waals surface area contributed by atoms with Gasteiger partial charge in [-0.1, -0.05) is 13.8 Å². The monoisotopic (exact) mass is 211 g/mol. The maximum Gasteiger partial charge on any atom is 0.0543 e. The van der Waals surface area contributed by atoms with Crippen LogP contribution in [0.3, 0.4) is 0 Å². The van der Waals surface area contributed by atoms with Crippen LogP contribution >= 0.6 is 0 Å². The smallest absolute Gasteiger partial charge is 0.0543 e. The molecule has 2 fully saturated rings. The van der Waals surface area contributed by atoms with E-state index in [0.717, 1.165) is 18.8 Å². The Hall–Kier alpha value is -0.0800. The van der Waals surface area contributed by atoms with E-state index in [-0.39, 0.29) is 6.10 Å². The summed E-state index contributed by atoms with van der Waals surface area (Å²) >= 11 is 0. The van der Waals surface area contributed by atoms with E-state index in [2.05, 4.69) is 18.7 Å². The van der Waals surface area contributed by atoms with E-state index in [1.54, 1.807) is 0 Å². The standard InChI is InChI=1S/C13H25NO/c1-3-13(4-2)9-14(10-13)8-11-5-6-12(15)7-11/h11-12,15H,3-10H2,1-2H3. The van der Waals surface area contributed by atoms with Gasteiger partial charge in [-0.15, -0.1) is 0 Å². The average molecular weight is 211 g/mol. The van der Waals surface area contributed by atoms with E-state index in [0.29, 0.717) is 5.41 Å². The third kappa shape index (κ3) is 2.36.